The van der Waals surface area contributed by atoms with Crippen LogP contribution in [0.2, 0.25) is 0 Å². The number of alkyl halides is 4. The molecule has 8 heteroatoms. The zero-order valence-electron chi connectivity index (χ0n) is 12.8. The van der Waals surface area contributed by atoms with Crippen LogP contribution in [0.1, 0.15) is 29.8 Å². The molecule has 0 atom stereocenters. The van der Waals surface area contributed by atoms with Crippen molar-refractivity contribution in [3.63, 3.8) is 0 Å². The van der Waals surface area contributed by atoms with E-state index in [1.807, 2.05) is 0 Å². The lowest BCUT2D eigenvalue weighted by molar-refractivity contribution is -0.137. The number of hydrogen-bond donors (Lipinski definition) is 2. The fourth-order valence-corrected chi connectivity index (χ4v) is 1.69. The summed E-state index contributed by atoms with van der Waals surface area (Å²) in [5.74, 6) is -0.586. The molecule has 0 aliphatic rings. The number of carbonyl (C=O) groups is 2. The average Bonchev–Trinajstić information content (AvgIpc) is 2.50. The Morgan fingerprint density at radius 2 is 1.57 bits per heavy atom. The Kier molecular flexibility index (Phi) is 6.44. The highest BCUT2D eigenvalue weighted by Gasteiger charge is 2.30. The molecule has 0 heterocycles. The lowest BCUT2D eigenvalue weighted by Gasteiger charge is -2.20. The summed E-state index contributed by atoms with van der Waals surface area (Å²) in [5, 5.41) is 5.14. The molecular formula is C15H18ClF3N2O2. The molecule has 0 saturated carbocycles. The van der Waals surface area contributed by atoms with E-state index in [9.17, 15) is 22.8 Å². The molecule has 4 nitrogen and oxygen atoms in total. The predicted molar refractivity (Wildman–Crippen MR) is 81.3 cm³/mol. The van der Waals surface area contributed by atoms with E-state index in [-0.39, 0.29) is 30.4 Å². The summed E-state index contributed by atoms with van der Waals surface area (Å²) in [7, 11) is 0. The molecule has 0 bridgehead atoms. The zero-order chi connectivity index (χ0) is 17.7. The number of nitrogens with one attached hydrogen (secondary N) is 2. The van der Waals surface area contributed by atoms with Crippen LogP contribution in [-0.2, 0) is 11.0 Å². The summed E-state index contributed by atoms with van der Waals surface area (Å²) < 4.78 is 37.3. The third kappa shape index (κ3) is 5.74. The van der Waals surface area contributed by atoms with Gasteiger partial charge in [-0.05, 0) is 38.1 Å². The maximum atomic E-state index is 12.4. The second-order valence-corrected chi connectivity index (χ2v) is 5.87. The quantitative estimate of drug-likeness (QED) is 0.612. The highest BCUT2D eigenvalue weighted by molar-refractivity contribution is 6.19. The van der Waals surface area contributed by atoms with Crippen molar-refractivity contribution in [2.75, 3.05) is 19.0 Å². The molecule has 2 amide bonds. The van der Waals surface area contributed by atoms with Crippen molar-refractivity contribution in [1.29, 1.82) is 0 Å². The van der Waals surface area contributed by atoms with Crippen molar-refractivity contribution < 1.29 is 22.8 Å². The van der Waals surface area contributed by atoms with Gasteiger partial charge in [0.15, 0.2) is 0 Å². The van der Waals surface area contributed by atoms with E-state index < -0.39 is 23.1 Å². The van der Waals surface area contributed by atoms with Crippen LogP contribution < -0.4 is 10.6 Å². The van der Waals surface area contributed by atoms with E-state index in [4.69, 9.17) is 11.6 Å². The van der Waals surface area contributed by atoms with Crippen LogP contribution >= 0.6 is 11.6 Å². The van der Waals surface area contributed by atoms with Gasteiger partial charge in [-0.15, -0.1) is 11.6 Å². The van der Waals surface area contributed by atoms with Crippen LogP contribution in [0.4, 0.5) is 13.2 Å². The van der Waals surface area contributed by atoms with E-state index in [1.54, 1.807) is 13.8 Å². The number of halogens is 4. The van der Waals surface area contributed by atoms with E-state index in [0.29, 0.717) is 0 Å². The molecule has 128 valence electrons. The van der Waals surface area contributed by atoms with Crippen LogP contribution in [-0.4, -0.2) is 30.8 Å². The standard InChI is InChI=1S/C15H18ClF3N2O2/c1-14(2,9-16)13(23)21-8-7-20-12(22)10-3-5-11(6-4-10)15(17,18)19/h3-6H,7-9H2,1-2H3,(H,20,22)(H,21,23). The average molecular weight is 351 g/mol. The number of carbonyl (C=O) groups excluding carboxylic acids is 2. The Labute approximate surface area is 137 Å². The highest BCUT2D eigenvalue weighted by atomic mass is 35.5. The third-order valence-electron chi connectivity index (χ3n) is 3.12. The topological polar surface area (TPSA) is 58.2 Å². The summed E-state index contributed by atoms with van der Waals surface area (Å²) in [4.78, 5) is 23.5. The highest BCUT2D eigenvalue weighted by Crippen LogP contribution is 2.29. The van der Waals surface area contributed by atoms with Gasteiger partial charge in [-0.3, -0.25) is 9.59 Å². The van der Waals surface area contributed by atoms with Crippen LogP contribution in [0, 0.1) is 5.41 Å². The minimum Gasteiger partial charge on any atom is -0.354 e. The number of rotatable bonds is 6. The Balaban J connectivity index is 2.44. The molecule has 0 unspecified atom stereocenters. The number of hydrogen-bond acceptors (Lipinski definition) is 2. The van der Waals surface area contributed by atoms with Crippen LogP contribution in [0.25, 0.3) is 0 Å². The van der Waals surface area contributed by atoms with Crippen LogP contribution in [0.3, 0.4) is 0 Å². The zero-order valence-corrected chi connectivity index (χ0v) is 13.5. The molecule has 1 aromatic carbocycles. The van der Waals surface area contributed by atoms with Crippen molar-refractivity contribution >= 4 is 23.4 Å². The minimum atomic E-state index is -4.44. The lowest BCUT2D eigenvalue weighted by Crippen LogP contribution is -2.41. The van der Waals surface area contributed by atoms with Gasteiger partial charge in [0.2, 0.25) is 5.91 Å². The summed E-state index contributed by atoms with van der Waals surface area (Å²) in [5.41, 5.74) is -1.41. The first-order chi connectivity index (χ1) is 10.6. The molecule has 0 aromatic heterocycles. The van der Waals surface area contributed by atoms with E-state index in [2.05, 4.69) is 10.6 Å². The largest absolute Gasteiger partial charge is 0.416 e. The molecule has 1 aromatic rings. The van der Waals surface area contributed by atoms with Gasteiger partial charge >= 0.3 is 6.18 Å². The van der Waals surface area contributed by atoms with Crippen molar-refractivity contribution in [3.05, 3.63) is 35.4 Å². The Hall–Kier alpha value is -1.76. The SMILES string of the molecule is CC(C)(CCl)C(=O)NCCNC(=O)c1ccc(C(F)(F)F)cc1. The van der Waals surface area contributed by atoms with Crippen LogP contribution in [0.5, 0.6) is 0 Å². The van der Waals surface area contributed by atoms with Crippen molar-refractivity contribution in [2.24, 2.45) is 5.41 Å². The van der Waals surface area contributed by atoms with Crippen LogP contribution in [0.15, 0.2) is 24.3 Å². The first kappa shape index (κ1) is 19.3. The van der Waals surface area contributed by atoms with Crippen molar-refractivity contribution in [1.82, 2.24) is 10.6 Å². The van der Waals surface area contributed by atoms with Gasteiger partial charge in [0.1, 0.15) is 0 Å². The molecule has 2 N–H and O–H groups in total. The molecular weight excluding hydrogens is 333 g/mol. The summed E-state index contributed by atoms with van der Waals surface area (Å²) in [6.07, 6.45) is -4.44. The Morgan fingerprint density at radius 3 is 2.04 bits per heavy atom. The van der Waals surface area contributed by atoms with E-state index >= 15 is 0 Å². The summed E-state index contributed by atoms with van der Waals surface area (Å²) >= 11 is 5.67. The molecule has 0 radical (unpaired) electrons. The maximum absolute atomic E-state index is 12.4. The first-order valence-corrected chi connectivity index (χ1v) is 7.41. The smallest absolute Gasteiger partial charge is 0.354 e. The lowest BCUT2D eigenvalue weighted by atomic mass is 9.95. The van der Waals surface area contributed by atoms with Crippen molar-refractivity contribution in [3.8, 4) is 0 Å². The fraction of sp³-hybridized carbons (Fsp3) is 0.467. The van der Waals surface area contributed by atoms with E-state index in [0.717, 1.165) is 24.3 Å². The van der Waals surface area contributed by atoms with Gasteiger partial charge in [-0.25, -0.2) is 0 Å². The molecule has 1 rings (SSSR count). The van der Waals surface area contributed by atoms with Gasteiger partial charge in [0.05, 0.1) is 11.0 Å². The molecule has 0 saturated heterocycles. The van der Waals surface area contributed by atoms with E-state index in [1.165, 1.54) is 0 Å². The molecule has 0 aliphatic carbocycles. The summed E-state index contributed by atoms with van der Waals surface area (Å²) in [6.45, 7) is 3.74. The Morgan fingerprint density at radius 1 is 1.04 bits per heavy atom. The molecule has 0 spiro atoms. The van der Waals surface area contributed by atoms with Gasteiger partial charge < -0.3 is 10.6 Å². The van der Waals surface area contributed by atoms with Gasteiger partial charge in [-0.1, -0.05) is 0 Å². The van der Waals surface area contributed by atoms with Gasteiger partial charge in [-0.2, -0.15) is 13.2 Å². The molecule has 0 aliphatic heterocycles. The Bertz CT molecular complexity index is 557. The number of benzene rings is 1. The first-order valence-electron chi connectivity index (χ1n) is 6.87. The van der Waals surface area contributed by atoms with Gasteiger partial charge in [0, 0.05) is 24.5 Å². The fourth-order valence-electron chi connectivity index (χ4n) is 1.56. The molecule has 0 fully saturated rings. The maximum Gasteiger partial charge on any atom is 0.416 e. The number of amides is 2. The summed E-state index contributed by atoms with van der Waals surface area (Å²) in [6, 6.07) is 3.90. The predicted octanol–water partition coefficient (Wildman–Crippen LogP) is 2.82. The second kappa shape index (κ2) is 7.68. The van der Waals surface area contributed by atoms with Crippen molar-refractivity contribution in [2.45, 2.75) is 20.0 Å². The third-order valence-corrected chi connectivity index (χ3v) is 3.79. The second-order valence-electron chi connectivity index (χ2n) is 5.60. The molecule has 23 heavy (non-hydrogen) atoms. The normalized spacial score (nSPS) is 11.9. The minimum absolute atomic E-state index is 0.116. The monoisotopic (exact) mass is 350 g/mol. The van der Waals surface area contributed by atoms with Gasteiger partial charge in [0.25, 0.3) is 5.91 Å².